The van der Waals surface area contributed by atoms with Crippen molar-refractivity contribution in [2.45, 2.75) is 32.6 Å². The van der Waals surface area contributed by atoms with Gasteiger partial charge in [-0.25, -0.2) is 14.6 Å². The fourth-order valence-electron chi connectivity index (χ4n) is 1.86. The number of hydrogen-bond acceptors (Lipinski definition) is 5. The predicted molar refractivity (Wildman–Crippen MR) is 85.5 cm³/mol. The molecule has 1 heterocycles. The molecule has 0 aliphatic rings. The monoisotopic (exact) mass is 325 g/mol. The number of hydrogen-bond donors (Lipinski definition) is 4. The molecule has 0 saturated carbocycles. The molecule has 0 radical (unpaired) electrons. The molecule has 0 bridgehead atoms. The molecule has 9 nitrogen and oxygen atoms in total. The molecular formula is C14H23N5O4. The van der Waals surface area contributed by atoms with Crippen LogP contribution in [0.4, 0.5) is 15.5 Å². The molecule has 0 spiro atoms. The van der Waals surface area contributed by atoms with Crippen molar-refractivity contribution < 1.29 is 14.3 Å². The molecule has 0 fully saturated rings. The zero-order valence-electron chi connectivity index (χ0n) is 13.4. The molecular weight excluding hydrogens is 302 g/mol. The van der Waals surface area contributed by atoms with Gasteiger partial charge >= 0.3 is 12.1 Å². The minimum atomic E-state index is -0.425. The highest BCUT2D eigenvalue weighted by atomic mass is 16.5. The minimum Gasteiger partial charge on any atom is -0.453 e. The van der Waals surface area contributed by atoms with Crippen LogP contribution in [-0.2, 0) is 4.74 Å². The van der Waals surface area contributed by atoms with E-state index in [1.54, 1.807) is 6.92 Å². The Bertz CT molecular complexity index is 573. The number of alkyl carbamates (subject to hydrolysis) is 1. The summed E-state index contributed by atoms with van der Waals surface area (Å²) in [5.41, 5.74) is 0.220. The third-order valence-corrected chi connectivity index (χ3v) is 2.95. The fraction of sp³-hybridized carbons (Fsp3) is 0.571. The maximum Gasteiger partial charge on any atom is 0.406 e. The Hall–Kier alpha value is -2.58. The highest BCUT2D eigenvalue weighted by Crippen LogP contribution is 1.99. The van der Waals surface area contributed by atoms with E-state index in [0.717, 1.165) is 25.7 Å². The number of carbonyl (C=O) groups is 2. The lowest BCUT2D eigenvalue weighted by Gasteiger charge is -2.07. The molecule has 23 heavy (non-hydrogen) atoms. The molecule has 9 heteroatoms. The third kappa shape index (κ3) is 8.44. The lowest BCUT2D eigenvalue weighted by atomic mass is 10.2. The molecule has 0 unspecified atom stereocenters. The second-order valence-corrected chi connectivity index (χ2v) is 4.95. The highest BCUT2D eigenvalue weighted by Gasteiger charge is 2.03. The smallest absolute Gasteiger partial charge is 0.406 e. The maximum absolute atomic E-state index is 11.6. The second-order valence-electron chi connectivity index (χ2n) is 4.95. The maximum atomic E-state index is 11.6. The zero-order valence-corrected chi connectivity index (χ0v) is 13.4. The number of H-pyrrole nitrogens is 1. The average molecular weight is 325 g/mol. The van der Waals surface area contributed by atoms with E-state index in [2.05, 4.69) is 30.7 Å². The van der Waals surface area contributed by atoms with Crippen LogP contribution in [-0.4, -0.2) is 42.3 Å². The van der Waals surface area contributed by atoms with Crippen molar-refractivity contribution in [1.29, 1.82) is 0 Å². The lowest BCUT2D eigenvalue weighted by Crippen LogP contribution is -2.31. The van der Waals surface area contributed by atoms with E-state index in [0.29, 0.717) is 18.8 Å². The molecule has 0 aromatic carbocycles. The van der Waals surface area contributed by atoms with Crippen LogP contribution in [0.2, 0.25) is 0 Å². The Morgan fingerprint density at radius 1 is 1.17 bits per heavy atom. The van der Waals surface area contributed by atoms with Gasteiger partial charge in [0.15, 0.2) is 0 Å². The summed E-state index contributed by atoms with van der Waals surface area (Å²) >= 11 is 0. The van der Waals surface area contributed by atoms with Crippen LogP contribution in [0.3, 0.4) is 0 Å². The summed E-state index contributed by atoms with van der Waals surface area (Å²) in [5, 5.41) is 7.76. The molecule has 0 saturated heterocycles. The van der Waals surface area contributed by atoms with Crippen molar-refractivity contribution in [2.24, 2.45) is 0 Å². The SMILES string of the molecule is COC(=O)NCCCCCCNC(=O)Nc1nc(C)cc(=O)[nH]1. The second kappa shape index (κ2) is 10.2. The number of anilines is 1. The van der Waals surface area contributed by atoms with Gasteiger partial charge in [0.05, 0.1) is 7.11 Å². The number of aromatic nitrogens is 2. The molecule has 1 rings (SSSR count). The zero-order chi connectivity index (χ0) is 17.1. The highest BCUT2D eigenvalue weighted by molar-refractivity contribution is 5.87. The number of nitrogens with one attached hydrogen (secondary N) is 4. The van der Waals surface area contributed by atoms with E-state index >= 15 is 0 Å². The Morgan fingerprint density at radius 3 is 2.43 bits per heavy atom. The number of methoxy groups -OCH3 is 1. The summed E-state index contributed by atoms with van der Waals surface area (Å²) in [6.45, 7) is 2.77. The van der Waals surface area contributed by atoms with E-state index < -0.39 is 12.1 Å². The fourth-order valence-corrected chi connectivity index (χ4v) is 1.86. The normalized spacial score (nSPS) is 10.0. The summed E-state index contributed by atoms with van der Waals surface area (Å²) in [7, 11) is 1.33. The first-order valence-electron chi connectivity index (χ1n) is 7.46. The largest absolute Gasteiger partial charge is 0.453 e. The molecule has 128 valence electrons. The van der Waals surface area contributed by atoms with Gasteiger partial charge in [0.2, 0.25) is 5.95 Å². The molecule has 1 aromatic rings. The quantitative estimate of drug-likeness (QED) is 0.533. The van der Waals surface area contributed by atoms with Crippen LogP contribution < -0.4 is 21.5 Å². The van der Waals surface area contributed by atoms with Crippen molar-refractivity contribution in [3.05, 3.63) is 22.1 Å². The molecule has 0 aliphatic heterocycles. The summed E-state index contributed by atoms with van der Waals surface area (Å²) in [6.07, 6.45) is 3.13. The Morgan fingerprint density at radius 2 is 1.83 bits per heavy atom. The van der Waals surface area contributed by atoms with Crippen LogP contribution in [0.1, 0.15) is 31.4 Å². The molecule has 1 aromatic heterocycles. The number of urea groups is 1. The van der Waals surface area contributed by atoms with Crippen molar-refractivity contribution in [3.8, 4) is 0 Å². The van der Waals surface area contributed by atoms with Crippen molar-refractivity contribution in [2.75, 3.05) is 25.5 Å². The van der Waals surface area contributed by atoms with Gasteiger partial charge in [-0.2, -0.15) is 0 Å². The van der Waals surface area contributed by atoms with Gasteiger partial charge in [-0.05, 0) is 19.8 Å². The van der Waals surface area contributed by atoms with E-state index in [4.69, 9.17) is 0 Å². The van der Waals surface area contributed by atoms with Gasteiger partial charge in [-0.15, -0.1) is 0 Å². The first kappa shape index (κ1) is 18.5. The van der Waals surface area contributed by atoms with Gasteiger partial charge in [0.1, 0.15) is 0 Å². The van der Waals surface area contributed by atoms with Crippen LogP contribution in [0.25, 0.3) is 0 Å². The van der Waals surface area contributed by atoms with Gasteiger partial charge in [0.25, 0.3) is 5.56 Å². The van der Waals surface area contributed by atoms with E-state index in [-0.39, 0.29) is 11.5 Å². The molecule has 3 amide bonds. The van der Waals surface area contributed by atoms with Gasteiger partial charge in [-0.1, -0.05) is 12.8 Å². The number of unbranched alkanes of at least 4 members (excludes halogenated alkanes) is 3. The third-order valence-electron chi connectivity index (χ3n) is 2.95. The Kier molecular flexibility index (Phi) is 8.19. The van der Waals surface area contributed by atoms with Crippen molar-refractivity contribution in [1.82, 2.24) is 20.6 Å². The number of ether oxygens (including phenoxy) is 1. The molecule has 0 atom stereocenters. The van der Waals surface area contributed by atoms with E-state index in [1.807, 2.05) is 0 Å². The summed E-state index contributed by atoms with van der Waals surface area (Å²) in [5.74, 6) is 0.126. The van der Waals surface area contributed by atoms with E-state index in [9.17, 15) is 14.4 Å². The number of nitrogens with zero attached hydrogens (tertiary/aromatic N) is 1. The van der Waals surface area contributed by atoms with Gasteiger partial charge in [-0.3, -0.25) is 15.1 Å². The molecule has 4 N–H and O–H groups in total. The lowest BCUT2D eigenvalue weighted by molar-refractivity contribution is 0.171. The first-order chi connectivity index (χ1) is 11.0. The standard InChI is InChI=1S/C14H23N5O4/c1-10-9-11(20)18-12(17-10)19-13(21)15-7-5-3-4-6-8-16-14(22)23-2/h9H,3-8H2,1-2H3,(H,16,22)(H3,15,17,18,19,20,21). The predicted octanol–water partition coefficient (Wildman–Crippen LogP) is 1.12. The first-order valence-corrected chi connectivity index (χ1v) is 7.46. The van der Waals surface area contributed by atoms with Gasteiger partial charge in [0, 0.05) is 24.8 Å². The van der Waals surface area contributed by atoms with Crippen LogP contribution in [0.5, 0.6) is 0 Å². The number of rotatable bonds is 8. The van der Waals surface area contributed by atoms with Crippen molar-refractivity contribution >= 4 is 18.1 Å². The van der Waals surface area contributed by atoms with E-state index in [1.165, 1.54) is 13.2 Å². The summed E-state index contributed by atoms with van der Waals surface area (Å²) < 4.78 is 4.45. The van der Waals surface area contributed by atoms with Gasteiger partial charge < -0.3 is 15.4 Å². The number of amides is 3. The average Bonchev–Trinajstić information content (AvgIpc) is 2.48. The Balaban J connectivity index is 2.08. The minimum absolute atomic E-state index is 0.126. The van der Waals surface area contributed by atoms with Crippen molar-refractivity contribution in [3.63, 3.8) is 0 Å². The van der Waals surface area contributed by atoms with Crippen LogP contribution in [0, 0.1) is 6.92 Å². The number of aromatic amines is 1. The molecule has 0 aliphatic carbocycles. The summed E-state index contributed by atoms with van der Waals surface area (Å²) in [4.78, 5) is 40.1. The van der Waals surface area contributed by atoms with Crippen LogP contribution in [0.15, 0.2) is 10.9 Å². The Labute approximate surface area is 134 Å². The summed E-state index contributed by atoms with van der Waals surface area (Å²) in [6, 6.07) is 0.934. The number of aryl methyl sites for hydroxylation is 1. The topological polar surface area (TPSA) is 125 Å². The van der Waals surface area contributed by atoms with Crippen LogP contribution >= 0.6 is 0 Å². The number of carbonyl (C=O) groups excluding carboxylic acids is 2.